The fourth-order valence-electron chi connectivity index (χ4n) is 1.53. The van der Waals surface area contributed by atoms with Gasteiger partial charge in [-0.2, -0.15) is 0 Å². The first-order valence-electron chi connectivity index (χ1n) is 5.35. The van der Waals surface area contributed by atoms with Crippen molar-refractivity contribution >= 4 is 33.2 Å². The molecule has 96 valence electrons. The monoisotopic (exact) mass is 320 g/mol. The predicted molar refractivity (Wildman–Crippen MR) is 72.7 cm³/mol. The molecule has 0 aliphatic carbocycles. The van der Waals surface area contributed by atoms with Gasteiger partial charge in [0.25, 0.3) is 0 Å². The van der Waals surface area contributed by atoms with Gasteiger partial charge in [0, 0.05) is 17.5 Å². The molecule has 0 saturated carbocycles. The highest BCUT2D eigenvalue weighted by molar-refractivity contribution is 9.10. The highest BCUT2D eigenvalue weighted by atomic mass is 79.9. The minimum Gasteiger partial charge on any atom is -0.468 e. The molecule has 0 spiro atoms. The van der Waals surface area contributed by atoms with Crippen LogP contribution in [0.2, 0.25) is 0 Å². The number of esters is 1. The van der Waals surface area contributed by atoms with Gasteiger partial charge in [0.15, 0.2) is 0 Å². The van der Waals surface area contributed by atoms with Crippen molar-refractivity contribution in [2.45, 2.75) is 31.6 Å². The van der Waals surface area contributed by atoms with E-state index in [-0.39, 0.29) is 16.8 Å². The second-order valence-electron chi connectivity index (χ2n) is 3.80. The third-order valence-electron chi connectivity index (χ3n) is 2.39. The molecule has 6 heteroatoms. The summed E-state index contributed by atoms with van der Waals surface area (Å²) in [6, 6.07) is 0.186. The lowest BCUT2D eigenvalue weighted by atomic mass is 10.2. The summed E-state index contributed by atoms with van der Waals surface area (Å²) in [6.07, 6.45) is 0. The van der Waals surface area contributed by atoms with Crippen LogP contribution in [0.4, 0.5) is 0 Å². The molecule has 1 rings (SSSR count). The molecular weight excluding hydrogens is 304 g/mol. The molecule has 4 nitrogen and oxygen atoms in total. The lowest BCUT2D eigenvalue weighted by molar-refractivity contribution is -0.139. The van der Waals surface area contributed by atoms with Crippen LogP contribution in [-0.2, 0) is 9.53 Å². The van der Waals surface area contributed by atoms with E-state index in [1.54, 1.807) is 11.3 Å². The average molecular weight is 321 g/mol. The lowest BCUT2D eigenvalue weighted by Gasteiger charge is -2.14. The van der Waals surface area contributed by atoms with Crippen LogP contribution in [0.25, 0.3) is 0 Å². The van der Waals surface area contributed by atoms with Crippen molar-refractivity contribution in [3.05, 3.63) is 15.6 Å². The Labute approximate surface area is 114 Å². The van der Waals surface area contributed by atoms with Gasteiger partial charge in [-0.1, -0.05) is 15.9 Å². The molecule has 0 aliphatic rings. The lowest BCUT2D eigenvalue weighted by Crippen LogP contribution is -2.31. The Morgan fingerprint density at radius 2 is 2.24 bits per heavy atom. The van der Waals surface area contributed by atoms with E-state index in [2.05, 4.69) is 37.9 Å². The van der Waals surface area contributed by atoms with Crippen LogP contribution in [0, 0.1) is 13.8 Å². The van der Waals surface area contributed by atoms with Crippen molar-refractivity contribution in [2.24, 2.45) is 0 Å². The van der Waals surface area contributed by atoms with Gasteiger partial charge in [-0.25, -0.2) is 4.98 Å². The number of aromatic nitrogens is 1. The van der Waals surface area contributed by atoms with Crippen molar-refractivity contribution < 1.29 is 9.53 Å². The van der Waals surface area contributed by atoms with E-state index in [0.29, 0.717) is 6.54 Å². The Balaban J connectivity index is 2.53. The predicted octanol–water partition coefficient (Wildman–Crippen LogP) is 2.35. The zero-order chi connectivity index (χ0) is 13.0. The van der Waals surface area contributed by atoms with Gasteiger partial charge in [-0.05, 0) is 20.8 Å². The van der Waals surface area contributed by atoms with E-state index in [1.807, 2.05) is 13.8 Å². The third kappa shape index (κ3) is 4.04. The van der Waals surface area contributed by atoms with Crippen LogP contribution in [0.3, 0.4) is 0 Å². The molecular formula is C11H17BrN2O2S. The van der Waals surface area contributed by atoms with Gasteiger partial charge in [-0.3, -0.25) is 4.79 Å². The molecule has 2 atom stereocenters. The number of aryl methyl sites for hydroxylation is 2. The Hall–Kier alpha value is -0.460. The summed E-state index contributed by atoms with van der Waals surface area (Å²) in [5.41, 5.74) is 1.05. The highest BCUT2D eigenvalue weighted by Gasteiger charge is 2.18. The largest absolute Gasteiger partial charge is 0.468 e. The highest BCUT2D eigenvalue weighted by Crippen LogP contribution is 2.24. The molecule has 0 aliphatic heterocycles. The number of rotatable bonds is 5. The number of hydrogen-bond donors (Lipinski definition) is 1. The molecule has 1 N–H and O–H groups in total. The first-order chi connectivity index (χ1) is 7.95. The molecule has 0 fully saturated rings. The summed E-state index contributed by atoms with van der Waals surface area (Å²) in [5.74, 6) is -0.262. The number of nitrogens with one attached hydrogen (secondary N) is 1. The number of halogens is 1. The minimum absolute atomic E-state index is 0.186. The molecule has 0 aromatic carbocycles. The van der Waals surface area contributed by atoms with Gasteiger partial charge in [-0.15, -0.1) is 11.3 Å². The summed E-state index contributed by atoms with van der Waals surface area (Å²) in [6.45, 7) is 6.60. The van der Waals surface area contributed by atoms with E-state index < -0.39 is 0 Å². The van der Waals surface area contributed by atoms with Crippen molar-refractivity contribution in [3.8, 4) is 0 Å². The maximum atomic E-state index is 11.2. The molecule has 1 heterocycles. The molecule has 1 aromatic rings. The Morgan fingerprint density at radius 3 is 2.71 bits per heavy atom. The van der Waals surface area contributed by atoms with E-state index in [4.69, 9.17) is 0 Å². The summed E-state index contributed by atoms with van der Waals surface area (Å²) >= 11 is 4.96. The molecule has 2 unspecified atom stereocenters. The smallest absolute Gasteiger partial charge is 0.320 e. The van der Waals surface area contributed by atoms with Crippen LogP contribution in [0.15, 0.2) is 0 Å². The normalized spacial score (nSPS) is 14.4. The summed E-state index contributed by atoms with van der Waals surface area (Å²) in [7, 11) is 1.39. The molecule has 17 heavy (non-hydrogen) atoms. The van der Waals surface area contributed by atoms with Crippen LogP contribution in [0.5, 0.6) is 0 Å². The minimum atomic E-state index is -0.315. The summed E-state index contributed by atoms with van der Waals surface area (Å²) < 4.78 is 4.64. The molecule has 0 saturated heterocycles. The van der Waals surface area contributed by atoms with E-state index in [0.717, 1.165) is 10.7 Å². The number of carbonyl (C=O) groups is 1. The third-order valence-corrected chi connectivity index (χ3v) is 4.35. The second kappa shape index (κ2) is 6.47. The first kappa shape index (κ1) is 14.6. The van der Waals surface area contributed by atoms with E-state index in [9.17, 15) is 4.79 Å². The van der Waals surface area contributed by atoms with Gasteiger partial charge in [0.1, 0.15) is 4.83 Å². The van der Waals surface area contributed by atoms with Crippen molar-refractivity contribution in [3.63, 3.8) is 0 Å². The van der Waals surface area contributed by atoms with Gasteiger partial charge in [0.2, 0.25) is 0 Å². The Bertz CT molecular complexity index is 395. The number of nitrogens with zero attached hydrogens (tertiary/aromatic N) is 1. The maximum Gasteiger partial charge on any atom is 0.320 e. The molecule has 0 bridgehead atoms. The quantitative estimate of drug-likeness (QED) is 0.668. The fourth-order valence-corrected chi connectivity index (χ4v) is 2.86. The standard InChI is InChI=1S/C11H17BrN2O2S/c1-6(10-7(2)14-8(3)17-10)13-5-9(12)11(15)16-4/h6,9,13H,5H2,1-4H3. The number of ether oxygens (including phenoxy) is 1. The number of carbonyl (C=O) groups excluding carboxylic acids is 1. The fraction of sp³-hybridized carbons (Fsp3) is 0.636. The maximum absolute atomic E-state index is 11.2. The molecule has 1 aromatic heterocycles. The number of thiazole rings is 1. The van der Waals surface area contributed by atoms with Crippen LogP contribution in [0.1, 0.15) is 28.5 Å². The molecule has 0 radical (unpaired) electrons. The summed E-state index contributed by atoms with van der Waals surface area (Å²) in [5, 5.41) is 4.36. The topological polar surface area (TPSA) is 51.2 Å². The summed E-state index contributed by atoms with van der Waals surface area (Å²) in [4.78, 5) is 16.5. The number of methoxy groups -OCH3 is 1. The van der Waals surface area contributed by atoms with Crippen molar-refractivity contribution in [2.75, 3.05) is 13.7 Å². The van der Waals surface area contributed by atoms with Crippen molar-refractivity contribution in [1.82, 2.24) is 10.3 Å². The Kier molecular flexibility index (Phi) is 5.55. The van der Waals surface area contributed by atoms with Crippen LogP contribution >= 0.6 is 27.3 Å². The number of hydrogen-bond acceptors (Lipinski definition) is 5. The SMILES string of the molecule is COC(=O)C(Br)CNC(C)c1sc(C)nc1C. The molecule has 0 amide bonds. The average Bonchev–Trinajstić information content (AvgIpc) is 2.63. The number of alkyl halides is 1. The zero-order valence-electron chi connectivity index (χ0n) is 10.4. The van der Waals surface area contributed by atoms with E-state index in [1.165, 1.54) is 12.0 Å². The first-order valence-corrected chi connectivity index (χ1v) is 7.08. The van der Waals surface area contributed by atoms with Gasteiger partial charge >= 0.3 is 5.97 Å². The second-order valence-corrected chi connectivity index (χ2v) is 6.14. The van der Waals surface area contributed by atoms with E-state index >= 15 is 0 Å². The van der Waals surface area contributed by atoms with Crippen molar-refractivity contribution in [1.29, 1.82) is 0 Å². The van der Waals surface area contributed by atoms with Crippen LogP contribution in [-0.4, -0.2) is 29.4 Å². The zero-order valence-corrected chi connectivity index (χ0v) is 12.8. The Morgan fingerprint density at radius 1 is 1.59 bits per heavy atom. The van der Waals surface area contributed by atoms with Crippen LogP contribution < -0.4 is 5.32 Å². The van der Waals surface area contributed by atoms with Gasteiger partial charge in [0.05, 0.1) is 17.8 Å². The van der Waals surface area contributed by atoms with Gasteiger partial charge < -0.3 is 10.1 Å².